The molecule has 0 saturated heterocycles. The number of hydrogen-bond donors (Lipinski definition) is 1. The number of amides is 1. The zero-order valence-electron chi connectivity index (χ0n) is 9.64. The number of hydrogen-bond acceptors (Lipinski definition) is 4. The first-order valence-corrected chi connectivity index (χ1v) is 6.33. The van der Waals surface area contributed by atoms with Gasteiger partial charge in [0.25, 0.3) is 5.91 Å². The van der Waals surface area contributed by atoms with Crippen LogP contribution in [0.3, 0.4) is 0 Å². The minimum Gasteiger partial charge on any atom is -0.468 e. The van der Waals surface area contributed by atoms with E-state index < -0.39 is 3.92 Å². The summed E-state index contributed by atoms with van der Waals surface area (Å²) in [7, 11) is 1.30. The lowest BCUT2D eigenvalue weighted by molar-refractivity contribution is -0.139. The quantitative estimate of drug-likeness (QED) is 0.499. The van der Waals surface area contributed by atoms with E-state index in [1.165, 1.54) is 7.11 Å². The molecular formula is C12H11IN2O3. The molecule has 18 heavy (non-hydrogen) atoms. The van der Waals surface area contributed by atoms with Gasteiger partial charge in [-0.3, -0.25) is 9.59 Å². The average molecular weight is 358 g/mol. The fourth-order valence-electron chi connectivity index (χ4n) is 1.19. The van der Waals surface area contributed by atoms with E-state index in [2.05, 4.69) is 10.1 Å². The first kappa shape index (κ1) is 14.4. The molecule has 0 heterocycles. The molecule has 0 aliphatic carbocycles. The van der Waals surface area contributed by atoms with E-state index in [9.17, 15) is 9.59 Å². The van der Waals surface area contributed by atoms with Gasteiger partial charge in [0.05, 0.1) is 18.7 Å². The number of nitrogens with one attached hydrogen (secondary N) is 1. The summed E-state index contributed by atoms with van der Waals surface area (Å²) >= 11 is 1.90. The molecule has 0 aliphatic rings. The number of benzene rings is 1. The van der Waals surface area contributed by atoms with Crippen LogP contribution >= 0.6 is 22.6 Å². The number of ether oxygens (including phenoxy) is 1. The summed E-state index contributed by atoms with van der Waals surface area (Å²) in [6.07, 6.45) is 0. The molecule has 0 aromatic heterocycles. The van der Waals surface area contributed by atoms with E-state index in [1.54, 1.807) is 24.3 Å². The van der Waals surface area contributed by atoms with Gasteiger partial charge in [-0.2, -0.15) is 5.26 Å². The van der Waals surface area contributed by atoms with Crippen molar-refractivity contribution < 1.29 is 14.3 Å². The maximum Gasteiger partial charge on any atom is 0.320 e. The van der Waals surface area contributed by atoms with Crippen molar-refractivity contribution in [2.75, 3.05) is 13.7 Å². The lowest BCUT2D eigenvalue weighted by Gasteiger charge is -2.09. The molecule has 5 nitrogen and oxygen atoms in total. The molecule has 94 valence electrons. The summed E-state index contributed by atoms with van der Waals surface area (Å²) in [4.78, 5) is 22.8. The Balaban J connectivity index is 2.55. The molecule has 0 bridgehead atoms. The van der Waals surface area contributed by atoms with E-state index in [0.29, 0.717) is 11.1 Å². The lowest BCUT2D eigenvalue weighted by atomic mass is 10.1. The summed E-state index contributed by atoms with van der Waals surface area (Å²) in [5, 5.41) is 11.2. The van der Waals surface area contributed by atoms with Crippen molar-refractivity contribution in [2.45, 2.75) is 3.92 Å². The van der Waals surface area contributed by atoms with E-state index in [1.807, 2.05) is 28.7 Å². The highest BCUT2D eigenvalue weighted by molar-refractivity contribution is 14.1. The van der Waals surface area contributed by atoms with Gasteiger partial charge in [0, 0.05) is 12.1 Å². The van der Waals surface area contributed by atoms with Crippen LogP contribution in [-0.2, 0) is 9.53 Å². The second kappa shape index (κ2) is 6.96. The summed E-state index contributed by atoms with van der Waals surface area (Å²) in [5.41, 5.74) is 0.940. The summed E-state index contributed by atoms with van der Waals surface area (Å²) in [5.74, 6) is -0.666. The van der Waals surface area contributed by atoms with Gasteiger partial charge in [-0.25, -0.2) is 0 Å². The number of carbonyl (C=O) groups is 2. The minimum absolute atomic E-state index is 0.200. The normalized spacial score (nSPS) is 11.2. The fourth-order valence-corrected chi connectivity index (χ4v) is 1.67. The third kappa shape index (κ3) is 4.00. The molecule has 0 aliphatic heterocycles. The molecule has 1 aromatic rings. The molecule has 0 radical (unpaired) electrons. The summed E-state index contributed by atoms with van der Waals surface area (Å²) in [6.45, 7) is 0.200. The van der Waals surface area contributed by atoms with Crippen molar-refractivity contribution in [3.8, 4) is 6.07 Å². The molecule has 1 aromatic carbocycles. The van der Waals surface area contributed by atoms with Crippen molar-refractivity contribution in [3.63, 3.8) is 0 Å². The third-order valence-corrected chi connectivity index (χ3v) is 3.12. The average Bonchev–Trinajstić information content (AvgIpc) is 2.43. The smallest absolute Gasteiger partial charge is 0.320 e. The minimum atomic E-state index is -0.421. The number of nitrogens with zero attached hydrogens (tertiary/aromatic N) is 1. The highest BCUT2D eigenvalue weighted by Crippen LogP contribution is 2.05. The van der Waals surface area contributed by atoms with E-state index in [4.69, 9.17) is 5.26 Å². The number of esters is 1. The van der Waals surface area contributed by atoms with Gasteiger partial charge < -0.3 is 10.1 Å². The zero-order valence-corrected chi connectivity index (χ0v) is 11.8. The van der Waals surface area contributed by atoms with Crippen LogP contribution < -0.4 is 5.32 Å². The number of halogens is 1. The van der Waals surface area contributed by atoms with Crippen molar-refractivity contribution in [2.24, 2.45) is 0 Å². The molecule has 6 heteroatoms. The fraction of sp³-hybridized carbons (Fsp3) is 0.250. The Morgan fingerprint density at radius 1 is 1.44 bits per heavy atom. The lowest BCUT2D eigenvalue weighted by Crippen LogP contribution is -2.33. The molecule has 1 rings (SSSR count). The molecule has 1 amide bonds. The van der Waals surface area contributed by atoms with Gasteiger partial charge in [-0.05, 0) is 24.3 Å². The molecular weight excluding hydrogens is 347 g/mol. The van der Waals surface area contributed by atoms with Crippen LogP contribution in [0.1, 0.15) is 15.9 Å². The first-order chi connectivity index (χ1) is 8.58. The van der Waals surface area contributed by atoms with Gasteiger partial charge in [0.2, 0.25) is 0 Å². The Hall–Kier alpha value is -1.62. The largest absolute Gasteiger partial charge is 0.468 e. The number of alkyl halides is 1. The van der Waals surface area contributed by atoms with Crippen LogP contribution in [0, 0.1) is 11.3 Å². The zero-order chi connectivity index (χ0) is 13.5. The van der Waals surface area contributed by atoms with Gasteiger partial charge in [0.1, 0.15) is 3.92 Å². The van der Waals surface area contributed by atoms with Crippen molar-refractivity contribution in [3.05, 3.63) is 35.4 Å². The van der Waals surface area contributed by atoms with E-state index in [0.717, 1.165) is 0 Å². The van der Waals surface area contributed by atoms with Crippen LogP contribution in [0.25, 0.3) is 0 Å². The molecule has 0 spiro atoms. The SMILES string of the molecule is COC(=O)C(I)CNC(=O)c1ccc(C#N)cc1. The van der Waals surface area contributed by atoms with Gasteiger partial charge >= 0.3 is 5.97 Å². The third-order valence-electron chi connectivity index (χ3n) is 2.17. The van der Waals surface area contributed by atoms with Crippen molar-refractivity contribution in [1.82, 2.24) is 5.32 Å². The second-order valence-electron chi connectivity index (χ2n) is 3.39. The van der Waals surface area contributed by atoms with Gasteiger partial charge in [-0.1, -0.05) is 22.6 Å². The number of carbonyl (C=O) groups excluding carboxylic acids is 2. The molecule has 0 fully saturated rings. The maximum atomic E-state index is 11.7. The highest BCUT2D eigenvalue weighted by Gasteiger charge is 2.16. The Bertz CT molecular complexity index is 479. The predicted octanol–water partition coefficient (Wildman–Crippen LogP) is 1.26. The second-order valence-corrected chi connectivity index (χ2v) is 4.89. The molecule has 1 unspecified atom stereocenters. The standard InChI is InChI=1S/C12H11IN2O3/c1-18-12(17)10(13)7-15-11(16)9-4-2-8(6-14)3-5-9/h2-5,10H,7H2,1H3,(H,15,16). The monoisotopic (exact) mass is 358 g/mol. The van der Waals surface area contributed by atoms with Crippen LogP contribution in [0.2, 0.25) is 0 Å². The summed E-state index contributed by atoms with van der Waals surface area (Å²) in [6, 6.07) is 8.23. The van der Waals surface area contributed by atoms with Crippen LogP contribution in [0.15, 0.2) is 24.3 Å². The predicted molar refractivity (Wildman–Crippen MR) is 73.3 cm³/mol. The number of rotatable bonds is 4. The number of methoxy groups -OCH3 is 1. The number of nitriles is 1. The maximum absolute atomic E-state index is 11.7. The highest BCUT2D eigenvalue weighted by atomic mass is 127. The molecule has 1 atom stereocenters. The van der Waals surface area contributed by atoms with Crippen LogP contribution in [0.4, 0.5) is 0 Å². The summed E-state index contributed by atoms with van der Waals surface area (Å²) < 4.78 is 4.13. The first-order valence-electron chi connectivity index (χ1n) is 5.08. The van der Waals surface area contributed by atoms with E-state index in [-0.39, 0.29) is 18.4 Å². The Kier molecular flexibility index (Phi) is 5.58. The Morgan fingerprint density at radius 2 is 2.06 bits per heavy atom. The Labute approximate surface area is 118 Å². The van der Waals surface area contributed by atoms with Crippen LogP contribution in [0.5, 0.6) is 0 Å². The van der Waals surface area contributed by atoms with Gasteiger partial charge in [0.15, 0.2) is 0 Å². The van der Waals surface area contributed by atoms with E-state index >= 15 is 0 Å². The van der Waals surface area contributed by atoms with Crippen molar-refractivity contribution >= 4 is 34.5 Å². The topological polar surface area (TPSA) is 79.2 Å². The van der Waals surface area contributed by atoms with Crippen LogP contribution in [-0.4, -0.2) is 29.5 Å². The molecule has 0 saturated carbocycles. The van der Waals surface area contributed by atoms with Crippen molar-refractivity contribution in [1.29, 1.82) is 5.26 Å². The Morgan fingerprint density at radius 3 is 2.56 bits per heavy atom. The van der Waals surface area contributed by atoms with Gasteiger partial charge in [-0.15, -0.1) is 0 Å². The molecule has 1 N–H and O–H groups in total.